The van der Waals surface area contributed by atoms with E-state index < -0.39 is 45.4 Å². The van der Waals surface area contributed by atoms with Gasteiger partial charge in [0.15, 0.2) is 0 Å². The van der Waals surface area contributed by atoms with Crippen LogP contribution in [-0.2, 0) is 42.1 Å². The maximum absolute atomic E-state index is 14.0. The van der Waals surface area contributed by atoms with Crippen molar-refractivity contribution in [2.45, 2.75) is 91.3 Å². The third kappa shape index (κ3) is 10.9. The lowest BCUT2D eigenvalue weighted by Crippen LogP contribution is -2.53. The number of rotatable bonds is 10. The number of sulfonamides is 1. The second kappa shape index (κ2) is 15.2. The van der Waals surface area contributed by atoms with E-state index in [1.807, 2.05) is 32.0 Å². The monoisotopic (exact) mass is 619 g/mol. The minimum absolute atomic E-state index is 0.0235. The van der Waals surface area contributed by atoms with Crippen molar-refractivity contribution in [2.24, 2.45) is 17.8 Å². The molecule has 1 aromatic carbocycles. The molecule has 12 heteroatoms. The molecule has 1 unspecified atom stereocenters. The van der Waals surface area contributed by atoms with Crippen LogP contribution in [0.1, 0.15) is 72.3 Å². The zero-order chi connectivity index (χ0) is 31.8. The van der Waals surface area contributed by atoms with Gasteiger partial charge in [-0.25, -0.2) is 13.8 Å². The lowest BCUT2D eigenvalue weighted by atomic mass is 9.84. The van der Waals surface area contributed by atoms with Gasteiger partial charge in [-0.1, -0.05) is 44.9 Å². The molecule has 1 aromatic heterocycles. The molecule has 0 fully saturated rings. The number of fused-ring (bicyclic) bond motifs is 5. The summed E-state index contributed by atoms with van der Waals surface area (Å²) >= 11 is 0. The molecule has 0 saturated heterocycles. The van der Waals surface area contributed by atoms with Crippen molar-refractivity contribution in [3.05, 3.63) is 36.0 Å². The fourth-order valence-corrected chi connectivity index (χ4v) is 5.83. The Kier molecular flexibility index (Phi) is 12.2. The number of para-hydroxylation sites is 1. The van der Waals surface area contributed by atoms with E-state index in [0.29, 0.717) is 13.0 Å². The average Bonchev–Trinajstić information content (AvgIpc) is 3.24. The Bertz CT molecular complexity index is 1360. The Labute approximate surface area is 255 Å². The highest BCUT2D eigenvalue weighted by Gasteiger charge is 2.38. The average molecular weight is 620 g/mol. The second-order valence-electron chi connectivity index (χ2n) is 13.0. The number of aryl methyl sites for hydroxylation is 1. The van der Waals surface area contributed by atoms with Crippen LogP contribution in [0, 0.1) is 17.8 Å². The molecular weight excluding hydrogens is 570 g/mol. The Morgan fingerprint density at radius 1 is 1.09 bits per heavy atom. The molecule has 1 aliphatic heterocycles. The molecule has 2 heterocycles. The van der Waals surface area contributed by atoms with Crippen molar-refractivity contribution in [1.82, 2.24) is 25.5 Å². The van der Waals surface area contributed by atoms with E-state index in [4.69, 9.17) is 4.74 Å². The third-order valence-electron chi connectivity index (χ3n) is 7.39. The number of nitrogens with one attached hydrogen (secondary N) is 4. The quantitative estimate of drug-likeness (QED) is 0.236. The van der Waals surface area contributed by atoms with Crippen LogP contribution in [0.2, 0.25) is 0 Å². The maximum atomic E-state index is 14.0. The smallest absolute Gasteiger partial charge is 0.311 e. The zero-order valence-electron chi connectivity index (χ0n) is 26.4. The van der Waals surface area contributed by atoms with Crippen molar-refractivity contribution < 1.29 is 27.5 Å². The van der Waals surface area contributed by atoms with Crippen LogP contribution < -0.4 is 20.9 Å². The van der Waals surface area contributed by atoms with Crippen molar-refractivity contribution in [1.29, 1.82) is 0 Å². The Hall–Kier alpha value is -2.96. The number of carbonyl (C=O) groups is 3. The molecule has 3 rings (SSSR count). The van der Waals surface area contributed by atoms with Gasteiger partial charge in [-0.05, 0) is 57.6 Å². The summed E-state index contributed by atoms with van der Waals surface area (Å²) in [4.78, 5) is 43.2. The minimum atomic E-state index is -3.61. The van der Waals surface area contributed by atoms with Gasteiger partial charge >= 0.3 is 5.97 Å². The normalized spacial score (nSPS) is 18.6. The van der Waals surface area contributed by atoms with Crippen molar-refractivity contribution in [3.8, 4) is 0 Å². The van der Waals surface area contributed by atoms with Gasteiger partial charge in [-0.2, -0.15) is 4.83 Å². The predicted molar refractivity (Wildman–Crippen MR) is 167 cm³/mol. The van der Waals surface area contributed by atoms with E-state index in [2.05, 4.69) is 37.7 Å². The summed E-state index contributed by atoms with van der Waals surface area (Å²) in [6.07, 6.45) is 7.60. The van der Waals surface area contributed by atoms with Crippen LogP contribution in [0.25, 0.3) is 10.9 Å². The van der Waals surface area contributed by atoms with E-state index in [0.717, 1.165) is 55.0 Å². The van der Waals surface area contributed by atoms with Crippen molar-refractivity contribution in [3.63, 3.8) is 0 Å². The molecule has 0 aliphatic carbocycles. The SMILES string of the molecule is CC(C)C[C@@H](C(=O)N[C@H]1Cc2cn(c3ccccc23)CCCCCCNC1=O)C(CNNS(C)(=O)=O)C(=O)OC(C)(C)C. The highest BCUT2D eigenvalue weighted by molar-refractivity contribution is 7.88. The first-order chi connectivity index (χ1) is 20.1. The van der Waals surface area contributed by atoms with Crippen LogP contribution in [-0.4, -0.2) is 61.8 Å². The van der Waals surface area contributed by atoms with Gasteiger partial charge in [-0.15, -0.1) is 0 Å². The minimum Gasteiger partial charge on any atom is -0.460 e. The third-order valence-corrected chi connectivity index (χ3v) is 7.91. The van der Waals surface area contributed by atoms with Gasteiger partial charge in [0.2, 0.25) is 21.8 Å². The molecule has 4 N–H and O–H groups in total. The number of hydrogen-bond acceptors (Lipinski definition) is 7. The van der Waals surface area contributed by atoms with E-state index in [9.17, 15) is 22.8 Å². The molecule has 11 nitrogen and oxygen atoms in total. The summed E-state index contributed by atoms with van der Waals surface area (Å²) in [7, 11) is -3.61. The number of benzene rings is 1. The molecule has 0 saturated carbocycles. The van der Waals surface area contributed by atoms with E-state index >= 15 is 0 Å². The number of amides is 2. The van der Waals surface area contributed by atoms with E-state index in [1.54, 1.807) is 20.8 Å². The van der Waals surface area contributed by atoms with Gasteiger partial charge in [0, 0.05) is 43.2 Å². The fourth-order valence-electron chi connectivity index (χ4n) is 5.49. The highest BCUT2D eigenvalue weighted by Crippen LogP contribution is 2.27. The number of aromatic nitrogens is 1. The van der Waals surface area contributed by atoms with Crippen LogP contribution in [0.4, 0.5) is 0 Å². The van der Waals surface area contributed by atoms with Gasteiger partial charge in [0.25, 0.3) is 0 Å². The van der Waals surface area contributed by atoms with Gasteiger partial charge in [0.05, 0.1) is 18.1 Å². The first kappa shape index (κ1) is 34.5. The Morgan fingerprint density at radius 2 is 1.79 bits per heavy atom. The number of hydrogen-bond donors (Lipinski definition) is 4. The van der Waals surface area contributed by atoms with E-state index in [1.165, 1.54) is 0 Å². The van der Waals surface area contributed by atoms with Crippen LogP contribution in [0.3, 0.4) is 0 Å². The number of hydrazine groups is 1. The molecule has 0 spiro atoms. The number of esters is 1. The standard InChI is InChI=1S/C31H49N5O6S/c1-21(2)17-24(25(19-33-35-43(6,40)41)30(39)42-31(3,4)5)28(37)34-26-18-22-20-36(27-14-10-9-13-23(22)27)16-12-8-7-11-15-32-29(26)38/h9-10,13-14,20-21,24-26,33,35H,7-8,11-12,15-19H2,1-6H3,(H,32,38)(H,34,37)/t24-,25?,26+/m1/s1. The molecule has 0 radical (unpaired) electrons. The molecule has 240 valence electrons. The Morgan fingerprint density at radius 3 is 2.47 bits per heavy atom. The first-order valence-corrected chi connectivity index (χ1v) is 17.1. The molecule has 2 amide bonds. The molecule has 43 heavy (non-hydrogen) atoms. The first-order valence-electron chi connectivity index (χ1n) is 15.2. The summed E-state index contributed by atoms with van der Waals surface area (Å²) in [6.45, 7) is 10.3. The molecular formula is C31H49N5O6S. The lowest BCUT2D eigenvalue weighted by molar-refractivity contribution is -0.164. The number of carbonyl (C=O) groups excluding carboxylic acids is 3. The lowest BCUT2D eigenvalue weighted by Gasteiger charge is -2.31. The topological polar surface area (TPSA) is 148 Å². The Balaban J connectivity index is 1.95. The van der Waals surface area contributed by atoms with Crippen LogP contribution >= 0.6 is 0 Å². The zero-order valence-corrected chi connectivity index (χ0v) is 27.2. The molecule has 1 aliphatic rings. The largest absolute Gasteiger partial charge is 0.460 e. The second-order valence-corrected chi connectivity index (χ2v) is 14.7. The summed E-state index contributed by atoms with van der Waals surface area (Å²) in [6, 6.07) is 7.19. The predicted octanol–water partition coefficient (Wildman–Crippen LogP) is 3.03. The molecule has 3 atom stereocenters. The highest BCUT2D eigenvalue weighted by atomic mass is 32.2. The van der Waals surface area contributed by atoms with E-state index in [-0.39, 0.29) is 24.8 Å². The van der Waals surface area contributed by atoms with Crippen LogP contribution in [0.5, 0.6) is 0 Å². The molecule has 2 bridgehead atoms. The summed E-state index contributed by atoms with van der Waals surface area (Å²) < 4.78 is 31.3. The summed E-state index contributed by atoms with van der Waals surface area (Å²) in [5.74, 6) is -3.25. The van der Waals surface area contributed by atoms with Gasteiger partial charge in [0.1, 0.15) is 11.6 Å². The van der Waals surface area contributed by atoms with Gasteiger partial charge < -0.3 is 19.9 Å². The molecule has 2 aromatic rings. The van der Waals surface area contributed by atoms with Crippen molar-refractivity contribution >= 4 is 38.7 Å². The summed E-state index contributed by atoms with van der Waals surface area (Å²) in [5.41, 5.74) is 3.81. The fraction of sp³-hybridized carbons (Fsp3) is 0.645. The van der Waals surface area contributed by atoms with Gasteiger partial charge in [-0.3, -0.25) is 14.4 Å². The number of ether oxygens (including phenoxy) is 1. The maximum Gasteiger partial charge on any atom is 0.311 e. The summed E-state index contributed by atoms with van der Waals surface area (Å²) in [5, 5.41) is 7.01. The van der Waals surface area contributed by atoms with Crippen molar-refractivity contribution in [2.75, 3.05) is 19.3 Å². The number of nitrogens with zero attached hydrogens (tertiary/aromatic N) is 1. The van der Waals surface area contributed by atoms with Crippen LogP contribution in [0.15, 0.2) is 30.5 Å².